The van der Waals surface area contributed by atoms with Crippen molar-refractivity contribution < 1.29 is 9.53 Å². The van der Waals surface area contributed by atoms with E-state index in [0.717, 1.165) is 33.7 Å². The Morgan fingerprint density at radius 1 is 0.926 bits per heavy atom. The Morgan fingerprint density at radius 3 is 2.26 bits per heavy atom. The molecule has 1 aliphatic heterocycles. The van der Waals surface area contributed by atoms with Crippen LogP contribution in [0, 0.1) is 0 Å². The maximum Gasteiger partial charge on any atom is 0.259 e. The van der Waals surface area contributed by atoms with E-state index in [4.69, 9.17) is 16.3 Å². The van der Waals surface area contributed by atoms with Crippen LogP contribution in [0.1, 0.15) is 16.7 Å². The number of benzene rings is 3. The molecular weight excluding hydrogens is 358 g/mol. The van der Waals surface area contributed by atoms with Crippen LogP contribution in [0.4, 0.5) is 5.69 Å². The average molecular weight is 376 g/mol. The zero-order valence-corrected chi connectivity index (χ0v) is 15.8. The third-order valence-electron chi connectivity index (χ3n) is 4.80. The standard InChI is InChI=1S/C23H18ClNO2/c1-25-20-13-10-17(24)14-19(20)22(23(25)26)21(15-6-4-3-5-7-15)16-8-11-18(27-2)12-9-16/h3-14H,1-2H3/b22-21+. The monoisotopic (exact) mass is 375 g/mol. The van der Waals surface area contributed by atoms with Crippen molar-refractivity contribution in [2.24, 2.45) is 0 Å². The summed E-state index contributed by atoms with van der Waals surface area (Å²) in [5, 5.41) is 0.608. The molecule has 0 aliphatic carbocycles. The van der Waals surface area contributed by atoms with E-state index in [1.807, 2.05) is 72.8 Å². The Morgan fingerprint density at radius 2 is 1.59 bits per heavy atom. The highest BCUT2D eigenvalue weighted by Crippen LogP contribution is 2.43. The molecular formula is C23H18ClNO2. The molecule has 1 aliphatic rings. The molecule has 1 amide bonds. The summed E-state index contributed by atoms with van der Waals surface area (Å²) in [4.78, 5) is 14.9. The first-order valence-electron chi connectivity index (χ1n) is 8.62. The molecule has 0 saturated carbocycles. The number of likely N-dealkylation sites (N-methyl/N-ethyl adjacent to an activating group) is 1. The van der Waals surface area contributed by atoms with Gasteiger partial charge in [0.2, 0.25) is 0 Å². The number of ether oxygens (including phenoxy) is 1. The van der Waals surface area contributed by atoms with Crippen molar-refractivity contribution in [1.29, 1.82) is 0 Å². The fraction of sp³-hybridized carbons (Fsp3) is 0.0870. The number of fused-ring (bicyclic) bond motifs is 1. The lowest BCUT2D eigenvalue weighted by Gasteiger charge is -2.13. The number of methoxy groups -OCH3 is 1. The molecule has 0 spiro atoms. The van der Waals surface area contributed by atoms with Crippen molar-refractivity contribution in [3.05, 3.63) is 94.5 Å². The normalized spacial score (nSPS) is 14.9. The summed E-state index contributed by atoms with van der Waals surface area (Å²) >= 11 is 6.25. The number of rotatable bonds is 3. The van der Waals surface area contributed by atoms with Crippen molar-refractivity contribution in [2.45, 2.75) is 0 Å². The van der Waals surface area contributed by atoms with Crippen LogP contribution in [0.25, 0.3) is 11.1 Å². The zero-order valence-electron chi connectivity index (χ0n) is 15.1. The topological polar surface area (TPSA) is 29.5 Å². The van der Waals surface area contributed by atoms with Crippen LogP contribution in [0.2, 0.25) is 5.02 Å². The summed E-state index contributed by atoms with van der Waals surface area (Å²) in [6, 6.07) is 23.3. The van der Waals surface area contributed by atoms with Gasteiger partial charge in [-0.15, -0.1) is 0 Å². The Labute approximate surface area is 163 Å². The molecule has 0 fully saturated rings. The van der Waals surface area contributed by atoms with Gasteiger partial charge in [0.1, 0.15) is 5.75 Å². The third-order valence-corrected chi connectivity index (χ3v) is 5.03. The fourth-order valence-corrected chi connectivity index (χ4v) is 3.62. The van der Waals surface area contributed by atoms with Gasteiger partial charge in [-0.2, -0.15) is 0 Å². The molecule has 4 heteroatoms. The number of carbonyl (C=O) groups excluding carboxylic acids is 1. The number of hydrogen-bond donors (Lipinski definition) is 0. The van der Waals surface area contributed by atoms with Gasteiger partial charge in [-0.25, -0.2) is 0 Å². The van der Waals surface area contributed by atoms with Crippen LogP contribution in [0.3, 0.4) is 0 Å². The Bertz CT molecular complexity index is 1040. The first kappa shape index (κ1) is 17.4. The summed E-state index contributed by atoms with van der Waals surface area (Å²) in [6.45, 7) is 0. The van der Waals surface area contributed by atoms with E-state index >= 15 is 0 Å². The van der Waals surface area contributed by atoms with E-state index in [2.05, 4.69) is 0 Å². The number of anilines is 1. The Balaban J connectivity index is 2.04. The van der Waals surface area contributed by atoms with Crippen LogP contribution in [0.15, 0.2) is 72.8 Å². The summed E-state index contributed by atoms with van der Waals surface area (Å²) in [5.41, 5.74) is 5.19. The van der Waals surface area contributed by atoms with Gasteiger partial charge < -0.3 is 9.64 Å². The SMILES string of the molecule is COc1ccc(/C(=C2/C(=O)N(C)c3ccc(Cl)cc32)c2ccccc2)cc1. The first-order chi connectivity index (χ1) is 13.1. The molecule has 1 heterocycles. The van der Waals surface area contributed by atoms with Gasteiger partial charge in [0, 0.05) is 23.2 Å². The highest BCUT2D eigenvalue weighted by atomic mass is 35.5. The van der Waals surface area contributed by atoms with E-state index in [0.29, 0.717) is 10.6 Å². The predicted molar refractivity (Wildman–Crippen MR) is 110 cm³/mol. The molecule has 0 saturated heterocycles. The molecule has 0 aromatic heterocycles. The minimum absolute atomic E-state index is 0.0399. The minimum Gasteiger partial charge on any atom is -0.497 e. The quantitative estimate of drug-likeness (QED) is 0.582. The molecule has 27 heavy (non-hydrogen) atoms. The third kappa shape index (κ3) is 3.00. The summed E-state index contributed by atoms with van der Waals surface area (Å²) < 4.78 is 5.28. The molecule has 134 valence electrons. The van der Waals surface area contributed by atoms with Crippen molar-refractivity contribution in [3.8, 4) is 5.75 Å². The van der Waals surface area contributed by atoms with E-state index in [1.165, 1.54) is 0 Å². The number of amides is 1. The van der Waals surface area contributed by atoms with Crippen LogP contribution < -0.4 is 9.64 Å². The molecule has 0 bridgehead atoms. The van der Waals surface area contributed by atoms with E-state index in [-0.39, 0.29) is 5.91 Å². The molecule has 0 radical (unpaired) electrons. The zero-order chi connectivity index (χ0) is 19.0. The molecule has 3 aromatic rings. The second-order valence-corrected chi connectivity index (χ2v) is 6.81. The summed E-state index contributed by atoms with van der Waals surface area (Å²) in [7, 11) is 3.43. The molecule has 3 nitrogen and oxygen atoms in total. The van der Waals surface area contributed by atoms with Crippen molar-refractivity contribution in [1.82, 2.24) is 0 Å². The van der Waals surface area contributed by atoms with Crippen LogP contribution >= 0.6 is 11.6 Å². The Hall–Kier alpha value is -3.04. The van der Waals surface area contributed by atoms with Gasteiger partial charge >= 0.3 is 0 Å². The highest BCUT2D eigenvalue weighted by molar-refractivity contribution is 6.39. The van der Waals surface area contributed by atoms with Crippen LogP contribution in [0.5, 0.6) is 5.75 Å². The second-order valence-electron chi connectivity index (χ2n) is 6.37. The lowest BCUT2D eigenvalue weighted by Crippen LogP contribution is -2.20. The predicted octanol–water partition coefficient (Wildman–Crippen LogP) is 5.28. The van der Waals surface area contributed by atoms with Crippen LogP contribution in [-0.2, 0) is 4.79 Å². The number of hydrogen-bond acceptors (Lipinski definition) is 2. The van der Waals surface area contributed by atoms with Crippen LogP contribution in [-0.4, -0.2) is 20.1 Å². The van der Waals surface area contributed by atoms with Gasteiger partial charge in [0.15, 0.2) is 0 Å². The van der Waals surface area contributed by atoms with E-state index in [1.54, 1.807) is 19.1 Å². The largest absolute Gasteiger partial charge is 0.497 e. The van der Waals surface area contributed by atoms with E-state index in [9.17, 15) is 4.79 Å². The van der Waals surface area contributed by atoms with Gasteiger partial charge in [0.25, 0.3) is 5.91 Å². The highest BCUT2D eigenvalue weighted by Gasteiger charge is 2.33. The van der Waals surface area contributed by atoms with Crippen molar-refractivity contribution in [2.75, 3.05) is 19.1 Å². The van der Waals surface area contributed by atoms with Gasteiger partial charge in [0.05, 0.1) is 18.4 Å². The summed E-state index contributed by atoms with van der Waals surface area (Å²) in [6.07, 6.45) is 0. The Kier molecular flexibility index (Phi) is 4.46. The van der Waals surface area contributed by atoms with Gasteiger partial charge in [-0.05, 0) is 41.5 Å². The van der Waals surface area contributed by atoms with Gasteiger partial charge in [-0.3, -0.25) is 4.79 Å². The number of carbonyl (C=O) groups is 1. The van der Waals surface area contributed by atoms with Crippen molar-refractivity contribution >= 4 is 34.3 Å². The fourth-order valence-electron chi connectivity index (χ4n) is 3.45. The number of halogens is 1. The first-order valence-corrected chi connectivity index (χ1v) is 9.00. The molecule has 4 rings (SSSR count). The lowest BCUT2D eigenvalue weighted by molar-refractivity contribution is -0.112. The number of nitrogens with zero attached hydrogens (tertiary/aromatic N) is 1. The summed E-state index contributed by atoms with van der Waals surface area (Å²) in [5.74, 6) is 0.733. The molecule has 0 N–H and O–H groups in total. The second kappa shape index (κ2) is 6.93. The lowest BCUT2D eigenvalue weighted by atomic mass is 9.90. The smallest absolute Gasteiger partial charge is 0.259 e. The molecule has 0 unspecified atom stereocenters. The maximum absolute atomic E-state index is 13.2. The van der Waals surface area contributed by atoms with E-state index < -0.39 is 0 Å². The molecule has 0 atom stereocenters. The van der Waals surface area contributed by atoms with Gasteiger partial charge in [-0.1, -0.05) is 54.1 Å². The van der Waals surface area contributed by atoms with Crippen molar-refractivity contribution in [3.63, 3.8) is 0 Å². The minimum atomic E-state index is -0.0399. The molecule has 3 aromatic carbocycles. The maximum atomic E-state index is 13.2. The average Bonchev–Trinajstić information content (AvgIpc) is 2.94.